The second-order valence-corrected chi connectivity index (χ2v) is 6.25. The van der Waals surface area contributed by atoms with Gasteiger partial charge >= 0.3 is 6.18 Å². The normalized spacial score (nSPS) is 12.3. The lowest BCUT2D eigenvalue weighted by Gasteiger charge is -2.22. The topological polar surface area (TPSA) is 70.2 Å². The van der Waals surface area contributed by atoms with E-state index in [0.29, 0.717) is 17.8 Å². The number of nitrogens with one attached hydrogen (secondary N) is 3. The number of anilines is 1. The molecule has 2 aromatic rings. The van der Waals surface area contributed by atoms with E-state index in [1.54, 1.807) is 44.2 Å². The number of aryl methyl sites for hydroxylation is 1. The average Bonchev–Trinajstić information content (AvgIpc) is 2.62. The Morgan fingerprint density at radius 1 is 1.07 bits per heavy atom. The number of alkyl halides is 3. The van der Waals surface area contributed by atoms with Crippen LogP contribution >= 0.6 is 0 Å². The van der Waals surface area contributed by atoms with Crippen molar-refractivity contribution in [2.24, 2.45) is 0 Å². The minimum atomic E-state index is -4.55. The molecule has 2 amide bonds. The third-order valence-electron chi connectivity index (χ3n) is 3.95. The van der Waals surface area contributed by atoms with Gasteiger partial charge in [-0.15, -0.1) is 0 Å². The number of hydrogen-bond donors (Lipinski definition) is 3. The van der Waals surface area contributed by atoms with Gasteiger partial charge < -0.3 is 10.6 Å². The number of halogens is 3. The average molecular weight is 393 g/mol. The van der Waals surface area contributed by atoms with Crippen LogP contribution < -0.4 is 16.0 Å². The van der Waals surface area contributed by atoms with E-state index in [1.807, 2.05) is 0 Å². The van der Waals surface area contributed by atoms with Crippen molar-refractivity contribution in [3.8, 4) is 0 Å². The Kier molecular flexibility index (Phi) is 7.17. The van der Waals surface area contributed by atoms with E-state index in [-0.39, 0.29) is 11.5 Å². The Balaban J connectivity index is 2.02. The molecule has 0 spiro atoms. The maximum Gasteiger partial charge on any atom is 0.407 e. The third kappa shape index (κ3) is 6.09. The van der Waals surface area contributed by atoms with E-state index < -0.39 is 24.7 Å². The quantitative estimate of drug-likeness (QED) is 0.674. The number of benzene rings is 2. The molecule has 0 aliphatic rings. The minimum Gasteiger partial charge on any atom is -0.352 e. The van der Waals surface area contributed by atoms with Crippen LogP contribution in [0.25, 0.3) is 0 Å². The van der Waals surface area contributed by atoms with Gasteiger partial charge in [0.05, 0.1) is 6.54 Å². The lowest BCUT2D eigenvalue weighted by Crippen LogP contribution is -2.38. The predicted molar refractivity (Wildman–Crippen MR) is 101 cm³/mol. The van der Waals surface area contributed by atoms with Crippen LogP contribution in [0.3, 0.4) is 0 Å². The Morgan fingerprint density at radius 3 is 2.36 bits per heavy atom. The molecule has 0 unspecified atom stereocenters. The molecule has 0 saturated heterocycles. The van der Waals surface area contributed by atoms with Gasteiger partial charge in [0.2, 0.25) is 5.91 Å². The fourth-order valence-corrected chi connectivity index (χ4v) is 2.58. The summed E-state index contributed by atoms with van der Waals surface area (Å²) in [6.07, 6.45) is -4.55. The van der Waals surface area contributed by atoms with E-state index >= 15 is 0 Å². The first-order valence-electron chi connectivity index (χ1n) is 8.75. The molecule has 0 aromatic heterocycles. The first-order chi connectivity index (χ1) is 13.2. The second-order valence-electron chi connectivity index (χ2n) is 6.25. The maximum atomic E-state index is 13.4. The van der Waals surface area contributed by atoms with E-state index in [1.165, 1.54) is 18.2 Å². The largest absolute Gasteiger partial charge is 0.407 e. The van der Waals surface area contributed by atoms with Crippen LogP contribution in [-0.4, -0.2) is 31.1 Å². The molecule has 150 valence electrons. The molecule has 0 radical (unpaired) electrons. The summed E-state index contributed by atoms with van der Waals surface area (Å²) in [5, 5.41) is 7.39. The summed E-state index contributed by atoms with van der Waals surface area (Å²) in [6, 6.07) is 10.2. The fourth-order valence-electron chi connectivity index (χ4n) is 2.58. The molecule has 28 heavy (non-hydrogen) atoms. The number of amides is 2. The van der Waals surface area contributed by atoms with Crippen LogP contribution in [0, 0.1) is 6.92 Å². The predicted octanol–water partition coefficient (Wildman–Crippen LogP) is 3.58. The molecule has 1 atom stereocenters. The molecule has 3 N–H and O–H groups in total. The zero-order valence-corrected chi connectivity index (χ0v) is 15.6. The Hall–Kier alpha value is -2.87. The minimum absolute atomic E-state index is 0.0316. The van der Waals surface area contributed by atoms with Gasteiger partial charge in [-0.1, -0.05) is 35.9 Å². The highest BCUT2D eigenvalue weighted by molar-refractivity contribution is 5.97. The van der Waals surface area contributed by atoms with Gasteiger partial charge in [-0.2, -0.15) is 13.2 Å². The highest BCUT2D eigenvalue weighted by atomic mass is 19.4. The summed E-state index contributed by atoms with van der Waals surface area (Å²) in [7, 11) is 0. The summed E-state index contributed by atoms with van der Waals surface area (Å²) in [4.78, 5) is 23.9. The fraction of sp³-hybridized carbons (Fsp3) is 0.300. The highest BCUT2D eigenvalue weighted by Gasteiger charge is 2.40. The number of rotatable bonds is 7. The van der Waals surface area contributed by atoms with Gasteiger partial charge in [0.15, 0.2) is 0 Å². The summed E-state index contributed by atoms with van der Waals surface area (Å²) < 4.78 is 40.1. The van der Waals surface area contributed by atoms with Gasteiger partial charge in [-0.05, 0) is 37.6 Å². The zero-order valence-electron chi connectivity index (χ0n) is 15.6. The van der Waals surface area contributed by atoms with Crippen LogP contribution in [0.2, 0.25) is 0 Å². The van der Waals surface area contributed by atoms with Crippen molar-refractivity contribution in [3.63, 3.8) is 0 Å². The summed E-state index contributed by atoms with van der Waals surface area (Å²) >= 11 is 0. The Labute approximate surface area is 161 Å². The molecule has 0 aliphatic carbocycles. The van der Waals surface area contributed by atoms with Crippen LogP contribution in [-0.2, 0) is 4.79 Å². The van der Waals surface area contributed by atoms with Crippen LogP contribution in [0.4, 0.5) is 18.9 Å². The maximum absolute atomic E-state index is 13.4. The lowest BCUT2D eigenvalue weighted by atomic mass is 10.0. The number of carbonyl (C=O) groups is 2. The SMILES string of the molecule is CCNC(=O)c1cccc(NC(=O)CN[C@@H](c2ccc(C)cc2)C(F)(F)F)c1. The first-order valence-corrected chi connectivity index (χ1v) is 8.75. The van der Waals surface area contributed by atoms with E-state index in [0.717, 1.165) is 5.56 Å². The zero-order chi connectivity index (χ0) is 20.7. The molecule has 0 saturated carbocycles. The van der Waals surface area contributed by atoms with Crippen molar-refractivity contribution in [2.75, 3.05) is 18.4 Å². The standard InChI is InChI=1S/C20H22F3N3O2/c1-3-24-19(28)15-5-4-6-16(11-15)26-17(27)12-25-18(20(21,22)23)14-9-7-13(2)8-10-14/h4-11,18,25H,3,12H2,1-2H3,(H,24,28)(H,26,27)/t18-/m0/s1. The molecule has 0 bridgehead atoms. The molecule has 8 heteroatoms. The Morgan fingerprint density at radius 2 is 1.75 bits per heavy atom. The molecule has 2 aromatic carbocycles. The summed E-state index contributed by atoms with van der Waals surface area (Å²) in [6.45, 7) is 3.48. The van der Waals surface area contributed by atoms with Crippen molar-refractivity contribution < 1.29 is 22.8 Å². The van der Waals surface area contributed by atoms with Gasteiger partial charge in [-0.25, -0.2) is 0 Å². The molecule has 0 aliphatic heterocycles. The number of carbonyl (C=O) groups excluding carboxylic acids is 2. The summed E-state index contributed by atoms with van der Waals surface area (Å²) in [5.41, 5.74) is 1.55. The van der Waals surface area contributed by atoms with Crippen molar-refractivity contribution in [1.29, 1.82) is 0 Å². The van der Waals surface area contributed by atoms with Crippen molar-refractivity contribution in [3.05, 3.63) is 65.2 Å². The van der Waals surface area contributed by atoms with Crippen molar-refractivity contribution >= 4 is 17.5 Å². The smallest absolute Gasteiger partial charge is 0.352 e. The highest BCUT2D eigenvalue weighted by Crippen LogP contribution is 2.32. The van der Waals surface area contributed by atoms with E-state index in [2.05, 4.69) is 16.0 Å². The first kappa shape index (κ1) is 21.4. The van der Waals surface area contributed by atoms with Gasteiger partial charge in [0.25, 0.3) is 5.91 Å². The molecule has 5 nitrogen and oxygen atoms in total. The van der Waals surface area contributed by atoms with Gasteiger partial charge in [0, 0.05) is 17.8 Å². The lowest BCUT2D eigenvalue weighted by molar-refractivity contribution is -0.158. The van der Waals surface area contributed by atoms with Crippen LogP contribution in [0.15, 0.2) is 48.5 Å². The summed E-state index contributed by atoms with van der Waals surface area (Å²) in [5.74, 6) is -0.942. The Bertz CT molecular complexity index is 820. The van der Waals surface area contributed by atoms with Crippen molar-refractivity contribution in [2.45, 2.75) is 26.1 Å². The monoisotopic (exact) mass is 393 g/mol. The van der Waals surface area contributed by atoms with Crippen LogP contribution in [0.1, 0.15) is 34.5 Å². The second kappa shape index (κ2) is 9.36. The number of hydrogen-bond acceptors (Lipinski definition) is 3. The van der Waals surface area contributed by atoms with E-state index in [9.17, 15) is 22.8 Å². The van der Waals surface area contributed by atoms with E-state index in [4.69, 9.17) is 0 Å². The van der Waals surface area contributed by atoms with Gasteiger partial charge in [0.1, 0.15) is 6.04 Å². The third-order valence-corrected chi connectivity index (χ3v) is 3.95. The molecule has 0 heterocycles. The molecular weight excluding hydrogens is 371 g/mol. The molecule has 2 rings (SSSR count). The molecule has 0 fully saturated rings. The molecular formula is C20H22F3N3O2. The van der Waals surface area contributed by atoms with Crippen LogP contribution in [0.5, 0.6) is 0 Å². The van der Waals surface area contributed by atoms with Crippen molar-refractivity contribution in [1.82, 2.24) is 10.6 Å². The van der Waals surface area contributed by atoms with Gasteiger partial charge in [-0.3, -0.25) is 14.9 Å².